The van der Waals surface area contributed by atoms with Crippen LogP contribution in [-0.2, 0) is 30.4 Å². The van der Waals surface area contributed by atoms with Gasteiger partial charge in [0.05, 0.1) is 12.1 Å². The molecule has 0 aromatic heterocycles. The summed E-state index contributed by atoms with van der Waals surface area (Å²) in [4.78, 5) is 61.2. The van der Waals surface area contributed by atoms with Crippen molar-refractivity contribution in [2.45, 2.75) is 62.9 Å². The van der Waals surface area contributed by atoms with Crippen molar-refractivity contribution >= 4 is 41.4 Å². The zero-order valence-corrected chi connectivity index (χ0v) is 21.1. The third-order valence-corrected chi connectivity index (χ3v) is 5.89. The van der Waals surface area contributed by atoms with Crippen LogP contribution in [0.4, 0.5) is 0 Å². The van der Waals surface area contributed by atoms with Crippen molar-refractivity contribution in [3.05, 3.63) is 35.9 Å². The summed E-state index contributed by atoms with van der Waals surface area (Å²) in [5, 5.41) is 26.8. The number of aliphatic carboxylic acids is 1. The molecular weight excluding hydrogens is 490 g/mol. The zero-order valence-electron chi connectivity index (χ0n) is 20.3. The van der Waals surface area contributed by atoms with Crippen LogP contribution in [0.2, 0.25) is 0 Å². The lowest BCUT2D eigenvalue weighted by atomic mass is 10.0. The van der Waals surface area contributed by atoms with Gasteiger partial charge in [0.25, 0.3) is 0 Å². The molecule has 4 amide bonds. The van der Waals surface area contributed by atoms with E-state index in [1.54, 1.807) is 30.3 Å². The van der Waals surface area contributed by atoms with Crippen LogP contribution in [0.5, 0.6) is 0 Å². The second kappa shape index (κ2) is 15.8. The zero-order chi connectivity index (χ0) is 27.3. The molecule has 200 valence electrons. The number of rotatable bonds is 16. The molecule has 1 aromatic carbocycles. The molecule has 5 atom stereocenters. The topological polar surface area (TPSA) is 214 Å². The normalized spacial score (nSPS) is 15.0. The summed E-state index contributed by atoms with van der Waals surface area (Å²) in [6, 6.07) is 3.60. The second-order valence-corrected chi connectivity index (χ2v) is 9.26. The Hall–Kier alpha value is -3.16. The van der Waals surface area contributed by atoms with E-state index in [1.165, 1.54) is 18.7 Å². The molecule has 13 heteroatoms. The molecule has 1 rings (SSSR count). The van der Waals surface area contributed by atoms with E-state index in [-0.39, 0.29) is 19.3 Å². The van der Waals surface area contributed by atoms with E-state index in [1.807, 2.05) is 6.26 Å². The second-order valence-electron chi connectivity index (χ2n) is 8.27. The molecule has 0 saturated carbocycles. The molecule has 0 aliphatic carbocycles. The van der Waals surface area contributed by atoms with Crippen LogP contribution in [0.3, 0.4) is 0 Å². The Labute approximate surface area is 213 Å². The van der Waals surface area contributed by atoms with Crippen molar-refractivity contribution in [3.63, 3.8) is 0 Å². The Kier molecular flexibility index (Phi) is 13.5. The number of carbonyl (C=O) groups excluding carboxylic acids is 4. The minimum absolute atomic E-state index is 0.0152. The smallest absolute Gasteiger partial charge is 0.326 e. The number of thioether (sulfide) groups is 1. The molecule has 36 heavy (non-hydrogen) atoms. The Balaban J connectivity index is 2.98. The number of hydrogen-bond acceptors (Lipinski definition) is 8. The van der Waals surface area contributed by atoms with Gasteiger partial charge < -0.3 is 37.6 Å². The number of carboxylic acids is 1. The lowest BCUT2D eigenvalue weighted by molar-refractivity contribution is -0.142. The van der Waals surface area contributed by atoms with Gasteiger partial charge in [-0.15, -0.1) is 0 Å². The fourth-order valence-electron chi connectivity index (χ4n) is 3.18. The average molecular weight is 526 g/mol. The first-order valence-corrected chi connectivity index (χ1v) is 12.7. The third-order valence-electron chi connectivity index (χ3n) is 5.24. The summed E-state index contributed by atoms with van der Waals surface area (Å²) in [6.07, 6.45) is 0.342. The van der Waals surface area contributed by atoms with E-state index in [4.69, 9.17) is 11.5 Å². The summed E-state index contributed by atoms with van der Waals surface area (Å²) in [5.74, 6) is -3.84. The maximum atomic E-state index is 12.9. The van der Waals surface area contributed by atoms with Crippen molar-refractivity contribution in [3.8, 4) is 0 Å². The molecule has 9 N–H and O–H groups in total. The number of nitrogens with two attached hydrogens (primary N) is 2. The molecule has 0 heterocycles. The summed E-state index contributed by atoms with van der Waals surface area (Å²) in [6.45, 7) is 1.27. The molecule has 0 bridgehead atoms. The number of hydrogen-bond donors (Lipinski definition) is 7. The van der Waals surface area contributed by atoms with Gasteiger partial charge in [0, 0.05) is 12.8 Å². The van der Waals surface area contributed by atoms with Crippen molar-refractivity contribution < 1.29 is 34.2 Å². The number of aliphatic hydroxyl groups is 1. The summed E-state index contributed by atoms with van der Waals surface area (Å²) >= 11 is 1.49. The van der Waals surface area contributed by atoms with Gasteiger partial charge in [-0.3, -0.25) is 19.2 Å². The highest BCUT2D eigenvalue weighted by Gasteiger charge is 2.32. The molecule has 12 nitrogen and oxygen atoms in total. The Morgan fingerprint density at radius 1 is 0.944 bits per heavy atom. The molecule has 0 aliphatic heterocycles. The monoisotopic (exact) mass is 525 g/mol. The van der Waals surface area contributed by atoms with Crippen LogP contribution < -0.4 is 27.4 Å². The standard InChI is InChI=1S/C23H35N5O7S/c1-13(29)19(28-20(31)15(24)10-11-36-2)22(33)26-16(8-9-18(25)30)21(32)27-17(23(34)35)12-14-6-4-3-5-7-14/h3-7,13,15-17,19,29H,8-12,24H2,1-2H3,(H2,25,30)(H,26,33)(H,27,32)(H,28,31)(H,34,35). The van der Waals surface area contributed by atoms with E-state index in [9.17, 15) is 34.2 Å². The van der Waals surface area contributed by atoms with Crippen LogP contribution in [0, 0.1) is 0 Å². The lowest BCUT2D eigenvalue weighted by Crippen LogP contribution is -2.60. The molecule has 1 aromatic rings. The summed E-state index contributed by atoms with van der Waals surface area (Å²) in [7, 11) is 0. The number of benzene rings is 1. The quantitative estimate of drug-likeness (QED) is 0.133. The van der Waals surface area contributed by atoms with Gasteiger partial charge in [0.2, 0.25) is 23.6 Å². The Morgan fingerprint density at radius 3 is 2.08 bits per heavy atom. The first kappa shape index (κ1) is 30.9. The molecule has 0 spiro atoms. The predicted molar refractivity (Wildman–Crippen MR) is 135 cm³/mol. The van der Waals surface area contributed by atoms with Gasteiger partial charge in [-0.1, -0.05) is 30.3 Å². The fourth-order valence-corrected chi connectivity index (χ4v) is 3.67. The van der Waals surface area contributed by atoms with Crippen molar-refractivity contribution in [1.29, 1.82) is 0 Å². The fraction of sp³-hybridized carbons (Fsp3) is 0.522. The van der Waals surface area contributed by atoms with Crippen LogP contribution in [-0.4, -0.2) is 82.1 Å². The predicted octanol–water partition coefficient (Wildman–Crippen LogP) is -1.51. The lowest BCUT2D eigenvalue weighted by Gasteiger charge is -2.26. The largest absolute Gasteiger partial charge is 0.480 e. The van der Waals surface area contributed by atoms with Crippen LogP contribution in [0.15, 0.2) is 30.3 Å². The minimum atomic E-state index is -1.44. The van der Waals surface area contributed by atoms with Gasteiger partial charge in [0.15, 0.2) is 0 Å². The number of nitrogens with one attached hydrogen (secondary N) is 3. The summed E-state index contributed by atoms with van der Waals surface area (Å²) in [5.41, 5.74) is 11.7. The number of carbonyl (C=O) groups is 5. The van der Waals surface area contributed by atoms with E-state index in [0.29, 0.717) is 17.7 Å². The van der Waals surface area contributed by atoms with Crippen LogP contribution >= 0.6 is 11.8 Å². The van der Waals surface area contributed by atoms with Crippen LogP contribution in [0.25, 0.3) is 0 Å². The van der Waals surface area contributed by atoms with E-state index in [2.05, 4.69) is 16.0 Å². The van der Waals surface area contributed by atoms with E-state index >= 15 is 0 Å². The molecule has 0 aliphatic rings. The van der Waals surface area contributed by atoms with Gasteiger partial charge in [-0.2, -0.15) is 11.8 Å². The van der Waals surface area contributed by atoms with Crippen molar-refractivity contribution in [2.24, 2.45) is 11.5 Å². The van der Waals surface area contributed by atoms with Crippen molar-refractivity contribution in [1.82, 2.24) is 16.0 Å². The average Bonchev–Trinajstić information content (AvgIpc) is 2.82. The van der Waals surface area contributed by atoms with Gasteiger partial charge in [-0.25, -0.2) is 4.79 Å². The third kappa shape index (κ3) is 11.1. The van der Waals surface area contributed by atoms with Gasteiger partial charge in [-0.05, 0) is 37.3 Å². The highest BCUT2D eigenvalue weighted by atomic mass is 32.2. The molecule has 5 unspecified atom stereocenters. The van der Waals surface area contributed by atoms with Crippen molar-refractivity contribution in [2.75, 3.05) is 12.0 Å². The molecule has 0 fully saturated rings. The highest BCUT2D eigenvalue weighted by Crippen LogP contribution is 2.07. The number of carboxylic acid groups (broad SMARTS) is 1. The molecule has 0 radical (unpaired) electrons. The molecule has 0 saturated heterocycles. The van der Waals surface area contributed by atoms with Crippen LogP contribution in [0.1, 0.15) is 31.7 Å². The summed E-state index contributed by atoms with van der Waals surface area (Å²) < 4.78 is 0. The van der Waals surface area contributed by atoms with E-state index in [0.717, 1.165) is 0 Å². The SMILES string of the molecule is CSCCC(N)C(=O)NC(C(=O)NC(CCC(N)=O)C(=O)NC(Cc1ccccc1)C(=O)O)C(C)O. The number of amides is 4. The Bertz CT molecular complexity index is 900. The minimum Gasteiger partial charge on any atom is -0.480 e. The van der Waals surface area contributed by atoms with Gasteiger partial charge >= 0.3 is 5.97 Å². The Morgan fingerprint density at radius 2 is 1.56 bits per heavy atom. The first-order chi connectivity index (χ1) is 17.0. The number of aliphatic hydroxyl groups excluding tert-OH is 1. The van der Waals surface area contributed by atoms with Gasteiger partial charge in [0.1, 0.15) is 18.1 Å². The molecular formula is C23H35N5O7S. The highest BCUT2D eigenvalue weighted by molar-refractivity contribution is 7.98. The first-order valence-electron chi connectivity index (χ1n) is 11.3. The maximum Gasteiger partial charge on any atom is 0.326 e. The maximum absolute atomic E-state index is 12.9. The number of primary amides is 1. The van der Waals surface area contributed by atoms with E-state index < -0.39 is 59.9 Å².